The number of nitrogens with one attached hydrogen (secondary N) is 1. The van der Waals surface area contributed by atoms with Gasteiger partial charge in [-0.05, 0) is 40.7 Å². The molecule has 2 aromatic rings. The predicted molar refractivity (Wildman–Crippen MR) is 74.3 cm³/mol. The Morgan fingerprint density at radius 2 is 1.79 bits per heavy atom. The Labute approximate surface area is 112 Å². The number of aromatic amines is 1. The van der Waals surface area contributed by atoms with Crippen LogP contribution >= 0.6 is 0 Å². The van der Waals surface area contributed by atoms with E-state index in [1.807, 2.05) is 40.7 Å². The van der Waals surface area contributed by atoms with Crippen molar-refractivity contribution in [3.63, 3.8) is 0 Å². The lowest BCUT2D eigenvalue weighted by molar-refractivity contribution is 0.00578. The first-order valence-electron chi connectivity index (χ1n) is 6.46. The summed E-state index contributed by atoms with van der Waals surface area (Å²) in [5.74, 6) is 0. The summed E-state index contributed by atoms with van der Waals surface area (Å²) in [4.78, 5) is 12.0. The van der Waals surface area contributed by atoms with Crippen LogP contribution in [-0.4, -0.2) is 33.3 Å². The Kier molecular flexibility index (Phi) is 2.53. The van der Waals surface area contributed by atoms with Crippen LogP contribution in [0.2, 0.25) is 0 Å². The molecular formula is C13H18BN3O2. The first-order chi connectivity index (χ1) is 8.78. The molecule has 0 radical (unpaired) electrons. The Morgan fingerprint density at radius 1 is 1.16 bits per heavy atom. The van der Waals surface area contributed by atoms with Crippen molar-refractivity contribution in [1.82, 2.24) is 15.0 Å². The van der Waals surface area contributed by atoms with Gasteiger partial charge in [0.15, 0.2) is 5.72 Å². The monoisotopic (exact) mass is 259 g/mol. The van der Waals surface area contributed by atoms with Gasteiger partial charge in [0.05, 0.1) is 11.2 Å². The zero-order valence-corrected chi connectivity index (χ0v) is 11.9. The van der Waals surface area contributed by atoms with Crippen molar-refractivity contribution in [2.45, 2.75) is 45.8 Å². The summed E-state index contributed by atoms with van der Waals surface area (Å²) in [7, 11) is -0.516. The fraction of sp³-hybridized carbons (Fsp3) is 0.538. The van der Waals surface area contributed by atoms with Crippen molar-refractivity contribution in [3.05, 3.63) is 18.0 Å². The van der Waals surface area contributed by atoms with E-state index in [9.17, 15) is 0 Å². The van der Waals surface area contributed by atoms with E-state index in [-0.39, 0.29) is 11.2 Å². The first-order valence-corrected chi connectivity index (χ1v) is 6.46. The van der Waals surface area contributed by atoms with Gasteiger partial charge in [-0.25, -0.2) is 9.97 Å². The summed E-state index contributed by atoms with van der Waals surface area (Å²) in [5, 5.41) is 0.998. The normalized spacial score (nSPS) is 21.2. The Morgan fingerprint density at radius 3 is 2.42 bits per heavy atom. The van der Waals surface area contributed by atoms with Crippen molar-refractivity contribution in [2.75, 3.05) is 0 Å². The number of H-pyrrole nitrogens is 1. The van der Waals surface area contributed by atoms with Crippen molar-refractivity contribution in [1.29, 1.82) is 0 Å². The van der Waals surface area contributed by atoms with Crippen LogP contribution < -0.4 is 5.72 Å². The minimum Gasteiger partial charge on any atom is -0.397 e. The zero-order valence-electron chi connectivity index (χ0n) is 11.9. The predicted octanol–water partition coefficient (Wildman–Crippen LogP) is 1.57. The number of rotatable bonds is 1. The van der Waals surface area contributed by atoms with Gasteiger partial charge in [-0.15, -0.1) is 0 Å². The molecule has 0 amide bonds. The van der Waals surface area contributed by atoms with Gasteiger partial charge in [-0.3, -0.25) is 0 Å². The third-order valence-corrected chi connectivity index (χ3v) is 3.99. The Hall–Kier alpha value is -1.40. The fourth-order valence-electron chi connectivity index (χ4n) is 2.13. The van der Waals surface area contributed by atoms with Crippen molar-refractivity contribution in [3.8, 4) is 0 Å². The highest BCUT2D eigenvalue weighted by molar-refractivity contribution is 6.60. The quantitative estimate of drug-likeness (QED) is 0.789. The minimum atomic E-state index is -0.516. The molecule has 0 spiro atoms. The molecule has 0 atom stereocenters. The maximum absolute atomic E-state index is 5.94. The molecule has 2 aromatic heterocycles. The molecular weight excluding hydrogens is 241 g/mol. The van der Waals surface area contributed by atoms with E-state index in [1.54, 1.807) is 6.20 Å². The molecule has 1 aliphatic rings. The third-order valence-electron chi connectivity index (χ3n) is 3.99. The van der Waals surface area contributed by atoms with Gasteiger partial charge in [-0.2, -0.15) is 0 Å². The molecule has 1 saturated heterocycles. The molecule has 3 rings (SSSR count). The van der Waals surface area contributed by atoms with Crippen LogP contribution in [0.5, 0.6) is 0 Å². The highest BCUT2D eigenvalue weighted by Crippen LogP contribution is 2.36. The van der Waals surface area contributed by atoms with Gasteiger partial charge in [0.1, 0.15) is 5.65 Å². The van der Waals surface area contributed by atoms with E-state index in [0.29, 0.717) is 5.72 Å². The average Bonchev–Trinajstić information content (AvgIpc) is 2.74. The molecule has 6 heteroatoms. The van der Waals surface area contributed by atoms with Crippen molar-refractivity contribution >= 4 is 23.9 Å². The molecule has 0 unspecified atom stereocenters. The smallest absolute Gasteiger partial charge is 0.397 e. The van der Waals surface area contributed by atoms with Gasteiger partial charge < -0.3 is 14.3 Å². The summed E-state index contributed by atoms with van der Waals surface area (Å²) >= 11 is 0. The number of hydrogen-bond donors (Lipinski definition) is 1. The molecule has 0 aliphatic carbocycles. The lowest BCUT2D eigenvalue weighted by Gasteiger charge is -2.32. The van der Waals surface area contributed by atoms with E-state index in [4.69, 9.17) is 9.31 Å². The van der Waals surface area contributed by atoms with Crippen LogP contribution in [-0.2, 0) is 9.31 Å². The number of hydrogen-bond acceptors (Lipinski definition) is 4. The third kappa shape index (κ3) is 1.95. The molecule has 3 heterocycles. The summed E-state index contributed by atoms with van der Waals surface area (Å²) in [6, 6.07) is 2.02. The molecule has 5 nitrogen and oxygen atoms in total. The average molecular weight is 259 g/mol. The van der Waals surface area contributed by atoms with Crippen LogP contribution in [0.1, 0.15) is 33.4 Å². The van der Waals surface area contributed by atoms with Crippen molar-refractivity contribution in [2.24, 2.45) is 0 Å². The topological polar surface area (TPSA) is 60.0 Å². The van der Waals surface area contributed by atoms with Gasteiger partial charge >= 0.3 is 7.12 Å². The van der Waals surface area contributed by atoms with E-state index in [0.717, 1.165) is 16.7 Å². The van der Waals surface area contributed by atoms with E-state index in [2.05, 4.69) is 15.0 Å². The molecule has 19 heavy (non-hydrogen) atoms. The van der Waals surface area contributed by atoms with Gasteiger partial charge in [0.25, 0.3) is 0 Å². The molecule has 0 bridgehead atoms. The fourth-order valence-corrected chi connectivity index (χ4v) is 2.13. The molecule has 100 valence electrons. The largest absolute Gasteiger partial charge is 0.534 e. The molecule has 1 N–H and O–H groups in total. The Bertz CT molecular complexity index is 620. The van der Waals surface area contributed by atoms with Gasteiger partial charge in [0.2, 0.25) is 0 Å². The van der Waals surface area contributed by atoms with Crippen LogP contribution in [0.3, 0.4) is 0 Å². The standard InChI is InChI=1S/C13H18BN3O2/c1-8-6-9-7-15-11(17-10(9)16-8)14-18-12(2,3)13(4,5)19-14/h6-7H,1-5H3,(H,15,16,17). The molecule has 0 saturated carbocycles. The van der Waals surface area contributed by atoms with Crippen LogP contribution in [0.4, 0.5) is 0 Å². The SMILES string of the molecule is Cc1cc2cnc(B3OC(C)(C)C(C)(C)O3)nc2[nH]1. The molecule has 0 aromatic carbocycles. The highest BCUT2D eigenvalue weighted by atomic mass is 16.7. The summed E-state index contributed by atoms with van der Waals surface area (Å²) in [5.41, 5.74) is 1.70. The summed E-state index contributed by atoms with van der Waals surface area (Å²) in [6.07, 6.45) is 1.80. The van der Waals surface area contributed by atoms with Crippen molar-refractivity contribution < 1.29 is 9.31 Å². The van der Waals surface area contributed by atoms with Crippen LogP contribution in [0.25, 0.3) is 11.0 Å². The van der Waals surface area contributed by atoms with E-state index < -0.39 is 7.12 Å². The van der Waals surface area contributed by atoms with Crippen LogP contribution in [0.15, 0.2) is 12.3 Å². The number of nitrogens with zero attached hydrogens (tertiary/aromatic N) is 2. The zero-order chi connectivity index (χ0) is 13.8. The minimum absolute atomic E-state index is 0.373. The number of aromatic nitrogens is 3. The molecule has 1 fully saturated rings. The first kappa shape index (κ1) is 12.6. The van der Waals surface area contributed by atoms with E-state index in [1.165, 1.54) is 0 Å². The van der Waals surface area contributed by atoms with Gasteiger partial charge in [0, 0.05) is 17.3 Å². The van der Waals surface area contributed by atoms with Crippen LogP contribution in [0, 0.1) is 6.92 Å². The summed E-state index contributed by atoms with van der Waals surface area (Å²) < 4.78 is 11.9. The lowest BCUT2D eigenvalue weighted by Crippen LogP contribution is -2.41. The second-order valence-electron chi connectivity index (χ2n) is 6.07. The second-order valence-corrected chi connectivity index (χ2v) is 6.07. The van der Waals surface area contributed by atoms with Gasteiger partial charge in [-0.1, -0.05) is 0 Å². The number of aryl methyl sites for hydroxylation is 1. The summed E-state index contributed by atoms with van der Waals surface area (Å²) in [6.45, 7) is 10.1. The number of fused-ring (bicyclic) bond motifs is 1. The lowest BCUT2D eigenvalue weighted by atomic mass is 9.89. The Balaban J connectivity index is 1.97. The highest BCUT2D eigenvalue weighted by Gasteiger charge is 2.53. The second kappa shape index (κ2) is 3.80. The van der Waals surface area contributed by atoms with E-state index >= 15 is 0 Å². The molecule has 1 aliphatic heterocycles. The maximum atomic E-state index is 5.94. The maximum Gasteiger partial charge on any atom is 0.534 e.